The normalized spacial score (nSPS) is 15.6. The first kappa shape index (κ1) is 18.3. The Kier molecular flexibility index (Phi) is 4.43. The molecule has 0 aliphatic heterocycles. The first-order chi connectivity index (χ1) is 11.5. The summed E-state index contributed by atoms with van der Waals surface area (Å²) in [5, 5.41) is 0.0947. The van der Waals surface area contributed by atoms with Crippen molar-refractivity contribution in [2.24, 2.45) is 0 Å². The maximum absolute atomic E-state index is 12.8. The number of amides is 1. The first-order valence-electron chi connectivity index (χ1n) is 7.14. The van der Waals surface area contributed by atoms with Crippen molar-refractivity contribution in [3.8, 4) is 0 Å². The van der Waals surface area contributed by atoms with Crippen LogP contribution in [0.2, 0.25) is 5.02 Å². The smallest absolute Gasteiger partial charge is 0.326 e. The molecule has 136 valence electrons. The van der Waals surface area contributed by atoms with E-state index >= 15 is 0 Å². The Bertz CT molecular complexity index is 824. The summed E-state index contributed by atoms with van der Waals surface area (Å²) in [7, 11) is 0. The van der Waals surface area contributed by atoms with Crippen molar-refractivity contribution >= 4 is 38.9 Å². The van der Waals surface area contributed by atoms with Crippen LogP contribution >= 0.6 is 22.9 Å². The monoisotopic (exact) mass is 401 g/mol. The molecule has 1 fully saturated rings. The van der Waals surface area contributed by atoms with Crippen molar-refractivity contribution < 1.29 is 31.1 Å². The fourth-order valence-electron chi connectivity index (χ4n) is 2.46. The highest BCUT2D eigenvalue weighted by atomic mass is 35.5. The average molecular weight is 402 g/mol. The zero-order valence-electron chi connectivity index (χ0n) is 12.3. The number of alkyl halides is 6. The molecule has 1 amide bonds. The molecule has 0 radical (unpaired) electrons. The molecule has 0 saturated heterocycles. The van der Waals surface area contributed by atoms with E-state index in [0.717, 1.165) is 18.2 Å². The van der Waals surface area contributed by atoms with E-state index in [-0.39, 0.29) is 20.0 Å². The van der Waals surface area contributed by atoms with Gasteiger partial charge >= 0.3 is 12.4 Å². The SMILES string of the molecule is O=C(c1sc2cc(C(F)(F)F)ccc2c1Cl)N(CC(F)(F)F)C1CC1. The number of benzene rings is 1. The molecule has 0 spiro atoms. The topological polar surface area (TPSA) is 20.3 Å². The Morgan fingerprint density at radius 3 is 2.36 bits per heavy atom. The number of hydrogen-bond acceptors (Lipinski definition) is 2. The molecule has 2 aromatic rings. The zero-order valence-corrected chi connectivity index (χ0v) is 13.9. The minimum Gasteiger partial charge on any atom is -0.326 e. The van der Waals surface area contributed by atoms with Crippen molar-refractivity contribution in [1.82, 2.24) is 4.90 Å². The van der Waals surface area contributed by atoms with Gasteiger partial charge < -0.3 is 4.90 Å². The van der Waals surface area contributed by atoms with Gasteiger partial charge in [-0.15, -0.1) is 11.3 Å². The van der Waals surface area contributed by atoms with Crippen molar-refractivity contribution in [2.75, 3.05) is 6.54 Å². The van der Waals surface area contributed by atoms with Gasteiger partial charge in [0.05, 0.1) is 10.6 Å². The summed E-state index contributed by atoms with van der Waals surface area (Å²) >= 11 is 6.73. The lowest BCUT2D eigenvalue weighted by Crippen LogP contribution is -2.40. The minimum absolute atomic E-state index is 0.103. The molecule has 1 heterocycles. The van der Waals surface area contributed by atoms with E-state index in [1.807, 2.05) is 0 Å². The molecule has 1 aliphatic rings. The maximum atomic E-state index is 12.8. The van der Waals surface area contributed by atoms with Crippen LogP contribution in [0, 0.1) is 0 Å². The number of fused-ring (bicyclic) bond motifs is 1. The van der Waals surface area contributed by atoms with E-state index in [2.05, 4.69) is 0 Å². The second kappa shape index (κ2) is 6.05. The lowest BCUT2D eigenvalue weighted by molar-refractivity contribution is -0.141. The second-order valence-corrected chi connectivity index (χ2v) is 7.16. The molecule has 0 atom stereocenters. The van der Waals surface area contributed by atoms with Gasteiger partial charge in [-0.05, 0) is 25.0 Å². The van der Waals surface area contributed by atoms with E-state index in [0.29, 0.717) is 29.1 Å². The minimum atomic E-state index is -4.56. The number of thiophene rings is 1. The summed E-state index contributed by atoms with van der Waals surface area (Å²) in [6, 6.07) is 2.28. The van der Waals surface area contributed by atoms with Gasteiger partial charge in [0.25, 0.3) is 5.91 Å². The Labute approximate surface area is 147 Å². The Balaban J connectivity index is 1.99. The number of carbonyl (C=O) groups excluding carboxylic acids is 1. The van der Waals surface area contributed by atoms with Crippen molar-refractivity contribution in [3.05, 3.63) is 33.7 Å². The van der Waals surface area contributed by atoms with Crippen LogP contribution in [-0.2, 0) is 6.18 Å². The molecule has 10 heteroatoms. The van der Waals surface area contributed by atoms with Crippen LogP contribution in [0.4, 0.5) is 26.3 Å². The molecular weight excluding hydrogens is 392 g/mol. The van der Waals surface area contributed by atoms with Crippen LogP contribution in [0.15, 0.2) is 18.2 Å². The van der Waals surface area contributed by atoms with Crippen LogP contribution < -0.4 is 0 Å². The standard InChI is InChI=1S/C15H10ClF6NOS/c16-11-9-4-1-7(15(20,21)22)5-10(9)25-12(11)13(24)23(8-2-3-8)6-14(17,18)19/h1,4-5,8H,2-3,6H2. The molecule has 0 bridgehead atoms. The van der Waals surface area contributed by atoms with E-state index in [4.69, 9.17) is 11.6 Å². The molecule has 0 N–H and O–H groups in total. The Morgan fingerprint density at radius 2 is 1.84 bits per heavy atom. The number of carbonyl (C=O) groups is 1. The van der Waals surface area contributed by atoms with Crippen LogP contribution in [0.25, 0.3) is 10.1 Å². The molecule has 0 unspecified atom stereocenters. The lowest BCUT2D eigenvalue weighted by atomic mass is 10.1. The van der Waals surface area contributed by atoms with Gasteiger partial charge in [-0.1, -0.05) is 17.7 Å². The molecule has 2 nitrogen and oxygen atoms in total. The molecular formula is C15H10ClF6NOS. The highest BCUT2D eigenvalue weighted by molar-refractivity contribution is 7.21. The third-order valence-electron chi connectivity index (χ3n) is 3.75. The van der Waals surface area contributed by atoms with Gasteiger partial charge in [0, 0.05) is 16.1 Å². The van der Waals surface area contributed by atoms with Gasteiger partial charge in [0.1, 0.15) is 11.4 Å². The summed E-state index contributed by atoms with van der Waals surface area (Å²) in [5.41, 5.74) is -0.911. The van der Waals surface area contributed by atoms with Crippen molar-refractivity contribution in [3.63, 3.8) is 0 Å². The summed E-state index contributed by atoms with van der Waals surface area (Å²) < 4.78 is 76.6. The quantitative estimate of drug-likeness (QED) is 0.600. The average Bonchev–Trinajstić information content (AvgIpc) is 3.27. The molecule has 1 aromatic heterocycles. The molecule has 3 rings (SSSR count). The van der Waals surface area contributed by atoms with E-state index in [1.54, 1.807) is 0 Å². The highest BCUT2D eigenvalue weighted by Gasteiger charge is 2.42. The van der Waals surface area contributed by atoms with Crippen molar-refractivity contribution in [2.45, 2.75) is 31.2 Å². The van der Waals surface area contributed by atoms with Gasteiger partial charge in [0.2, 0.25) is 0 Å². The summed E-state index contributed by atoms with van der Waals surface area (Å²) in [5.74, 6) is -0.903. The summed E-state index contributed by atoms with van der Waals surface area (Å²) in [6.07, 6.45) is -8.21. The van der Waals surface area contributed by atoms with E-state index in [1.165, 1.54) is 0 Å². The van der Waals surface area contributed by atoms with Crippen LogP contribution in [0.3, 0.4) is 0 Å². The molecule has 1 aromatic carbocycles. The Morgan fingerprint density at radius 1 is 1.20 bits per heavy atom. The predicted molar refractivity (Wildman–Crippen MR) is 82.0 cm³/mol. The van der Waals surface area contributed by atoms with Gasteiger partial charge in [-0.25, -0.2) is 0 Å². The van der Waals surface area contributed by atoms with Gasteiger partial charge in [0.15, 0.2) is 0 Å². The number of rotatable bonds is 3. The van der Waals surface area contributed by atoms with Gasteiger partial charge in [-0.2, -0.15) is 26.3 Å². The summed E-state index contributed by atoms with van der Waals surface area (Å²) in [6.45, 7) is -1.41. The van der Waals surface area contributed by atoms with Crippen LogP contribution in [-0.4, -0.2) is 29.6 Å². The zero-order chi connectivity index (χ0) is 18.6. The third kappa shape index (κ3) is 3.87. The highest BCUT2D eigenvalue weighted by Crippen LogP contribution is 2.41. The fourth-order valence-corrected chi connectivity index (χ4v) is 3.96. The lowest BCUT2D eigenvalue weighted by Gasteiger charge is -2.23. The fraction of sp³-hybridized carbons (Fsp3) is 0.400. The number of hydrogen-bond donors (Lipinski definition) is 0. The number of nitrogens with zero attached hydrogens (tertiary/aromatic N) is 1. The predicted octanol–water partition coefficient (Wildman–Crippen LogP) is 5.74. The number of halogens is 7. The first-order valence-corrected chi connectivity index (χ1v) is 8.34. The van der Waals surface area contributed by atoms with E-state index < -0.39 is 36.4 Å². The van der Waals surface area contributed by atoms with Gasteiger partial charge in [-0.3, -0.25) is 4.79 Å². The Hall–Kier alpha value is -1.48. The molecule has 1 aliphatic carbocycles. The largest absolute Gasteiger partial charge is 0.416 e. The van der Waals surface area contributed by atoms with E-state index in [9.17, 15) is 31.1 Å². The van der Waals surface area contributed by atoms with Crippen LogP contribution in [0.1, 0.15) is 28.1 Å². The maximum Gasteiger partial charge on any atom is 0.416 e. The second-order valence-electron chi connectivity index (χ2n) is 5.73. The van der Waals surface area contributed by atoms with Crippen LogP contribution in [0.5, 0.6) is 0 Å². The third-order valence-corrected chi connectivity index (χ3v) is 5.39. The molecule has 25 heavy (non-hydrogen) atoms. The molecule has 1 saturated carbocycles. The van der Waals surface area contributed by atoms with Crippen molar-refractivity contribution in [1.29, 1.82) is 0 Å². The summed E-state index contributed by atoms with van der Waals surface area (Å²) in [4.78, 5) is 13.0.